The molecule has 6 heteroatoms. The van der Waals surface area contributed by atoms with Crippen LogP contribution < -0.4 is 4.74 Å². The van der Waals surface area contributed by atoms with E-state index in [4.69, 9.17) is 14.6 Å². The Kier molecular flexibility index (Phi) is 5.15. The molecule has 1 aromatic carbocycles. The Bertz CT molecular complexity index is 676. The van der Waals surface area contributed by atoms with Gasteiger partial charge in [0.1, 0.15) is 18.0 Å². The maximum Gasteiger partial charge on any atom is 0.506 e. The molecule has 0 radical (unpaired) electrons. The topological polar surface area (TPSA) is 74.8 Å². The Balaban J connectivity index is 2.19. The second kappa shape index (κ2) is 6.91. The lowest BCUT2D eigenvalue weighted by Crippen LogP contribution is -2.34. The van der Waals surface area contributed by atoms with Crippen molar-refractivity contribution >= 4 is 17.1 Å². The van der Waals surface area contributed by atoms with Crippen molar-refractivity contribution in [1.82, 2.24) is 9.88 Å². The van der Waals surface area contributed by atoms with E-state index in [0.29, 0.717) is 0 Å². The third-order valence-electron chi connectivity index (χ3n) is 3.52. The Labute approximate surface area is 136 Å². The Hall–Kier alpha value is -2.21. The lowest BCUT2D eigenvalue weighted by molar-refractivity contribution is -0.0219. The van der Waals surface area contributed by atoms with E-state index in [1.807, 2.05) is 38.5 Å². The van der Waals surface area contributed by atoms with Gasteiger partial charge in [0.15, 0.2) is 0 Å². The van der Waals surface area contributed by atoms with Gasteiger partial charge in [-0.3, -0.25) is 0 Å². The predicted octanol–water partition coefficient (Wildman–Crippen LogP) is 3.12. The van der Waals surface area contributed by atoms with Gasteiger partial charge in [-0.05, 0) is 52.1 Å². The standard InChI is InChI=1S/C17H24N2O4/c1-17(2,23-16(20)21)11-22-14-7-5-6-13-15(14)12(10-18-13)8-9-19(3)4/h5-7,10,18H,8-9,11H2,1-4H3,(H,20,21). The van der Waals surface area contributed by atoms with Crippen LogP contribution in [0.2, 0.25) is 0 Å². The highest BCUT2D eigenvalue weighted by Crippen LogP contribution is 2.30. The first kappa shape index (κ1) is 17.1. The minimum atomic E-state index is -1.30. The zero-order chi connectivity index (χ0) is 17.0. The first-order valence-electron chi connectivity index (χ1n) is 7.57. The van der Waals surface area contributed by atoms with E-state index in [9.17, 15) is 4.79 Å². The number of rotatable bonds is 7. The average molecular weight is 320 g/mol. The van der Waals surface area contributed by atoms with E-state index in [0.717, 1.165) is 29.6 Å². The Morgan fingerprint density at radius 1 is 1.35 bits per heavy atom. The molecular formula is C17H24N2O4. The van der Waals surface area contributed by atoms with Crippen LogP contribution in [0.4, 0.5) is 4.79 Å². The zero-order valence-electron chi connectivity index (χ0n) is 14.0. The molecule has 126 valence electrons. The van der Waals surface area contributed by atoms with Gasteiger partial charge in [0.2, 0.25) is 0 Å². The molecule has 23 heavy (non-hydrogen) atoms. The molecule has 0 spiro atoms. The summed E-state index contributed by atoms with van der Waals surface area (Å²) < 4.78 is 10.7. The van der Waals surface area contributed by atoms with Gasteiger partial charge < -0.3 is 24.5 Å². The molecule has 0 aliphatic rings. The van der Waals surface area contributed by atoms with Gasteiger partial charge in [-0.25, -0.2) is 4.79 Å². The highest BCUT2D eigenvalue weighted by Gasteiger charge is 2.24. The molecule has 2 N–H and O–H groups in total. The molecule has 0 amide bonds. The highest BCUT2D eigenvalue weighted by molar-refractivity contribution is 5.89. The summed E-state index contributed by atoms with van der Waals surface area (Å²) in [5.74, 6) is 0.736. The molecule has 2 rings (SSSR count). The number of nitrogens with one attached hydrogen (secondary N) is 1. The number of hydrogen-bond acceptors (Lipinski definition) is 4. The van der Waals surface area contributed by atoms with E-state index >= 15 is 0 Å². The molecule has 0 fully saturated rings. The maximum absolute atomic E-state index is 10.7. The minimum Gasteiger partial charge on any atom is -0.489 e. The minimum absolute atomic E-state index is 0.150. The number of fused-ring (bicyclic) bond motifs is 1. The molecule has 0 aliphatic heterocycles. The number of carboxylic acid groups (broad SMARTS) is 1. The van der Waals surface area contributed by atoms with Crippen molar-refractivity contribution in [2.24, 2.45) is 0 Å². The first-order chi connectivity index (χ1) is 10.8. The number of H-pyrrole nitrogens is 1. The van der Waals surface area contributed by atoms with Crippen molar-refractivity contribution in [2.75, 3.05) is 27.2 Å². The van der Waals surface area contributed by atoms with Crippen LogP contribution in [0, 0.1) is 0 Å². The highest BCUT2D eigenvalue weighted by atomic mass is 16.7. The molecule has 0 unspecified atom stereocenters. The third kappa shape index (κ3) is 4.63. The van der Waals surface area contributed by atoms with Gasteiger partial charge in [-0.2, -0.15) is 0 Å². The summed E-state index contributed by atoms with van der Waals surface area (Å²) in [5.41, 5.74) is 1.28. The van der Waals surface area contributed by atoms with Gasteiger partial charge >= 0.3 is 6.16 Å². The molecule has 0 saturated carbocycles. The quantitative estimate of drug-likeness (QED) is 0.767. The summed E-state index contributed by atoms with van der Waals surface area (Å²) in [6.07, 6.45) is 1.60. The molecule has 0 aliphatic carbocycles. The fraction of sp³-hybridized carbons (Fsp3) is 0.471. The van der Waals surface area contributed by atoms with Crippen LogP contribution in [0.15, 0.2) is 24.4 Å². The van der Waals surface area contributed by atoms with Gasteiger partial charge in [0, 0.05) is 23.6 Å². The lowest BCUT2D eigenvalue weighted by Gasteiger charge is -2.23. The van der Waals surface area contributed by atoms with Crippen LogP contribution in [0.5, 0.6) is 5.75 Å². The first-order valence-corrected chi connectivity index (χ1v) is 7.57. The van der Waals surface area contributed by atoms with E-state index in [1.165, 1.54) is 5.56 Å². The number of ether oxygens (including phenoxy) is 2. The molecule has 2 aromatic rings. The van der Waals surface area contributed by atoms with Crippen molar-refractivity contribution < 1.29 is 19.4 Å². The predicted molar refractivity (Wildman–Crippen MR) is 89.2 cm³/mol. The fourth-order valence-electron chi connectivity index (χ4n) is 2.40. The Morgan fingerprint density at radius 3 is 2.74 bits per heavy atom. The summed E-state index contributed by atoms with van der Waals surface area (Å²) >= 11 is 0. The number of carbonyl (C=O) groups is 1. The number of likely N-dealkylation sites (N-methyl/N-ethyl adjacent to an activating group) is 1. The van der Waals surface area contributed by atoms with Crippen molar-refractivity contribution in [1.29, 1.82) is 0 Å². The molecule has 1 heterocycles. The van der Waals surface area contributed by atoms with Crippen molar-refractivity contribution in [3.8, 4) is 5.75 Å². The number of benzene rings is 1. The second-order valence-electron chi connectivity index (χ2n) is 6.46. The molecule has 0 atom stereocenters. The van der Waals surface area contributed by atoms with Gasteiger partial charge in [0.05, 0.1) is 0 Å². The van der Waals surface area contributed by atoms with Crippen LogP contribution in [0.3, 0.4) is 0 Å². The van der Waals surface area contributed by atoms with Crippen LogP contribution in [0.25, 0.3) is 10.9 Å². The monoisotopic (exact) mass is 320 g/mol. The largest absolute Gasteiger partial charge is 0.506 e. The molecular weight excluding hydrogens is 296 g/mol. The van der Waals surface area contributed by atoms with Gasteiger partial charge in [0.25, 0.3) is 0 Å². The van der Waals surface area contributed by atoms with Gasteiger partial charge in [-0.15, -0.1) is 0 Å². The summed E-state index contributed by atoms with van der Waals surface area (Å²) in [7, 11) is 4.08. The SMILES string of the molecule is CN(C)CCc1c[nH]c2cccc(OCC(C)(C)OC(=O)O)c12. The van der Waals surface area contributed by atoms with E-state index in [2.05, 4.69) is 9.88 Å². The van der Waals surface area contributed by atoms with E-state index < -0.39 is 11.8 Å². The van der Waals surface area contributed by atoms with Crippen LogP contribution in [0.1, 0.15) is 19.4 Å². The molecule has 0 bridgehead atoms. The van der Waals surface area contributed by atoms with Crippen molar-refractivity contribution in [2.45, 2.75) is 25.9 Å². The number of hydrogen-bond donors (Lipinski definition) is 2. The summed E-state index contributed by atoms with van der Waals surface area (Å²) in [6.45, 7) is 4.46. The lowest BCUT2D eigenvalue weighted by atomic mass is 10.1. The van der Waals surface area contributed by atoms with Crippen LogP contribution in [-0.2, 0) is 11.2 Å². The molecule has 6 nitrogen and oxygen atoms in total. The van der Waals surface area contributed by atoms with Crippen LogP contribution >= 0.6 is 0 Å². The number of nitrogens with zero attached hydrogens (tertiary/aromatic N) is 1. The summed E-state index contributed by atoms with van der Waals surface area (Å²) in [4.78, 5) is 16.1. The number of aromatic nitrogens is 1. The Morgan fingerprint density at radius 2 is 2.09 bits per heavy atom. The van der Waals surface area contributed by atoms with Gasteiger partial charge in [-0.1, -0.05) is 6.07 Å². The normalized spacial score (nSPS) is 11.9. The zero-order valence-corrected chi connectivity index (χ0v) is 14.0. The van der Waals surface area contributed by atoms with Crippen molar-refractivity contribution in [3.05, 3.63) is 30.0 Å². The second-order valence-corrected chi connectivity index (χ2v) is 6.46. The summed E-state index contributed by atoms with van der Waals surface area (Å²) in [5, 5.41) is 9.81. The van der Waals surface area contributed by atoms with E-state index in [1.54, 1.807) is 13.8 Å². The fourth-order valence-corrected chi connectivity index (χ4v) is 2.40. The van der Waals surface area contributed by atoms with Crippen LogP contribution in [-0.4, -0.2) is 54.0 Å². The maximum atomic E-state index is 10.7. The number of aromatic amines is 1. The smallest absolute Gasteiger partial charge is 0.489 e. The van der Waals surface area contributed by atoms with E-state index in [-0.39, 0.29) is 6.61 Å². The summed E-state index contributed by atoms with van der Waals surface area (Å²) in [6, 6.07) is 5.81. The van der Waals surface area contributed by atoms with Crippen molar-refractivity contribution in [3.63, 3.8) is 0 Å². The third-order valence-corrected chi connectivity index (χ3v) is 3.52. The molecule has 0 saturated heterocycles. The molecule has 1 aromatic heterocycles. The average Bonchev–Trinajstić information content (AvgIpc) is 2.85.